The molecule has 0 aliphatic heterocycles. The van der Waals surface area contributed by atoms with Gasteiger partial charge in [-0.3, -0.25) is 4.79 Å². The van der Waals surface area contributed by atoms with Crippen molar-refractivity contribution >= 4 is 5.97 Å². The van der Waals surface area contributed by atoms with Gasteiger partial charge >= 0.3 is 12.3 Å². The molecule has 0 spiro atoms. The third-order valence-corrected chi connectivity index (χ3v) is 2.19. The van der Waals surface area contributed by atoms with Gasteiger partial charge in [0.05, 0.1) is 26.3 Å². The lowest BCUT2D eigenvalue weighted by molar-refractivity contribution is -0.276. The maximum atomic E-state index is 12.6. The van der Waals surface area contributed by atoms with Crippen LogP contribution in [0.1, 0.15) is 11.3 Å². The van der Waals surface area contributed by atoms with Crippen LogP contribution < -0.4 is 9.47 Å². The fourth-order valence-electron chi connectivity index (χ4n) is 1.44. The van der Waals surface area contributed by atoms with Gasteiger partial charge in [0, 0.05) is 5.56 Å². The number of aromatic nitrogens is 1. The number of nitrogens with zero attached hydrogens (tertiary/aromatic N) is 1. The molecule has 1 heterocycles. The lowest BCUT2D eigenvalue weighted by atomic mass is 10.1. The number of hydrogen-bond donors (Lipinski definition) is 0. The lowest BCUT2D eigenvalue weighted by Crippen LogP contribution is -2.19. The topological polar surface area (TPSA) is 57.7 Å². The Morgan fingerprint density at radius 3 is 2.45 bits per heavy atom. The molecule has 1 rings (SSSR count). The van der Waals surface area contributed by atoms with E-state index in [1.54, 1.807) is 0 Å². The van der Waals surface area contributed by atoms with Crippen LogP contribution >= 0.6 is 0 Å². The highest BCUT2D eigenvalue weighted by Crippen LogP contribution is 2.34. The number of alkyl halides is 4. The van der Waals surface area contributed by atoms with Crippen molar-refractivity contribution in [2.75, 3.05) is 14.2 Å². The van der Waals surface area contributed by atoms with Gasteiger partial charge in [-0.25, -0.2) is 9.37 Å². The van der Waals surface area contributed by atoms with Crippen molar-refractivity contribution < 1.29 is 36.6 Å². The molecule has 0 N–H and O–H groups in total. The van der Waals surface area contributed by atoms with Crippen LogP contribution in [0.5, 0.6) is 11.6 Å². The standard InChI is InChI=1S/C11H11F4NO4/c1-18-8(17)4-6-3-7(5-12)16-10(9(6)19-2)20-11(13,14)15/h3H,4-5H2,1-2H3. The summed E-state index contributed by atoms with van der Waals surface area (Å²) in [4.78, 5) is 14.5. The van der Waals surface area contributed by atoms with E-state index >= 15 is 0 Å². The molecule has 0 radical (unpaired) electrons. The molecule has 0 fully saturated rings. The summed E-state index contributed by atoms with van der Waals surface area (Å²) < 4.78 is 62.2. The monoisotopic (exact) mass is 297 g/mol. The zero-order valence-electron chi connectivity index (χ0n) is 10.6. The van der Waals surface area contributed by atoms with E-state index in [0.29, 0.717) is 0 Å². The Hall–Kier alpha value is -2.06. The summed E-state index contributed by atoms with van der Waals surface area (Å²) in [5, 5.41) is 0. The van der Waals surface area contributed by atoms with Crippen molar-refractivity contribution in [3.8, 4) is 11.6 Å². The summed E-state index contributed by atoms with van der Waals surface area (Å²) in [5.74, 6) is -2.07. The van der Waals surface area contributed by atoms with Crippen LogP contribution in [-0.4, -0.2) is 31.5 Å². The minimum absolute atomic E-state index is 0.0127. The fraction of sp³-hybridized carbons (Fsp3) is 0.455. The Bertz CT molecular complexity index is 490. The van der Waals surface area contributed by atoms with Crippen LogP contribution in [0.4, 0.5) is 17.6 Å². The predicted molar refractivity (Wildman–Crippen MR) is 58.0 cm³/mol. The summed E-state index contributed by atoms with van der Waals surface area (Å²) in [5.41, 5.74) is -0.329. The fourth-order valence-corrected chi connectivity index (χ4v) is 1.44. The Kier molecular flexibility index (Phi) is 5.12. The van der Waals surface area contributed by atoms with Crippen LogP contribution in [-0.2, 0) is 22.6 Å². The number of methoxy groups -OCH3 is 2. The Balaban J connectivity index is 3.27. The normalized spacial score (nSPS) is 11.1. The first-order valence-electron chi connectivity index (χ1n) is 5.26. The van der Waals surface area contributed by atoms with Crippen molar-refractivity contribution in [1.82, 2.24) is 4.98 Å². The summed E-state index contributed by atoms with van der Waals surface area (Å²) >= 11 is 0. The number of ether oxygens (including phenoxy) is 3. The van der Waals surface area contributed by atoms with Crippen LogP contribution in [0, 0.1) is 0 Å². The summed E-state index contributed by atoms with van der Waals surface area (Å²) in [6.45, 7) is -1.12. The Labute approximate surface area is 111 Å². The minimum atomic E-state index is -5.02. The first-order valence-corrected chi connectivity index (χ1v) is 5.26. The zero-order valence-corrected chi connectivity index (χ0v) is 10.6. The van der Waals surface area contributed by atoms with Gasteiger partial charge in [0.15, 0.2) is 5.75 Å². The molecule has 9 heteroatoms. The Morgan fingerprint density at radius 1 is 1.35 bits per heavy atom. The molecule has 0 aliphatic carbocycles. The van der Waals surface area contributed by atoms with Crippen molar-refractivity contribution in [2.45, 2.75) is 19.5 Å². The molecule has 0 saturated heterocycles. The molecule has 20 heavy (non-hydrogen) atoms. The highest BCUT2D eigenvalue weighted by molar-refractivity contribution is 5.74. The van der Waals surface area contributed by atoms with Crippen molar-refractivity contribution in [2.24, 2.45) is 0 Å². The number of esters is 1. The van der Waals surface area contributed by atoms with Crippen LogP contribution in [0.25, 0.3) is 0 Å². The highest BCUT2D eigenvalue weighted by atomic mass is 19.4. The van der Waals surface area contributed by atoms with Gasteiger partial charge in [-0.1, -0.05) is 0 Å². The molecule has 0 aliphatic rings. The van der Waals surface area contributed by atoms with Gasteiger partial charge in [-0.05, 0) is 6.07 Å². The maximum absolute atomic E-state index is 12.6. The smallest absolute Gasteiger partial charge is 0.491 e. The predicted octanol–water partition coefficient (Wildman–Crippen LogP) is 2.17. The second-order valence-electron chi connectivity index (χ2n) is 3.55. The van der Waals surface area contributed by atoms with Gasteiger partial charge in [-0.2, -0.15) is 0 Å². The minimum Gasteiger partial charge on any atom is -0.491 e. The molecule has 112 valence electrons. The molecular formula is C11H11F4NO4. The average Bonchev–Trinajstić information content (AvgIpc) is 2.36. The van der Waals surface area contributed by atoms with E-state index < -0.39 is 37.1 Å². The third kappa shape index (κ3) is 4.25. The number of halogens is 4. The van der Waals surface area contributed by atoms with Gasteiger partial charge in [0.2, 0.25) is 0 Å². The molecular weight excluding hydrogens is 286 g/mol. The molecule has 0 atom stereocenters. The highest BCUT2D eigenvalue weighted by Gasteiger charge is 2.34. The average molecular weight is 297 g/mol. The summed E-state index contributed by atoms with van der Waals surface area (Å²) in [6, 6.07) is 1.11. The Morgan fingerprint density at radius 2 is 2.00 bits per heavy atom. The lowest BCUT2D eigenvalue weighted by Gasteiger charge is -2.15. The van der Waals surface area contributed by atoms with Gasteiger partial charge in [0.1, 0.15) is 6.67 Å². The van der Waals surface area contributed by atoms with E-state index in [-0.39, 0.29) is 11.3 Å². The number of carbonyl (C=O) groups is 1. The van der Waals surface area contributed by atoms with Crippen molar-refractivity contribution in [3.05, 3.63) is 17.3 Å². The first kappa shape index (κ1) is 16.0. The number of pyridine rings is 1. The SMILES string of the molecule is COC(=O)Cc1cc(CF)nc(OC(F)(F)F)c1OC. The van der Waals surface area contributed by atoms with E-state index in [1.165, 1.54) is 0 Å². The molecule has 1 aromatic heterocycles. The van der Waals surface area contributed by atoms with E-state index in [0.717, 1.165) is 20.3 Å². The van der Waals surface area contributed by atoms with Crippen LogP contribution in [0.3, 0.4) is 0 Å². The molecule has 0 amide bonds. The van der Waals surface area contributed by atoms with Gasteiger partial charge in [0.25, 0.3) is 5.88 Å². The molecule has 0 bridgehead atoms. The second kappa shape index (κ2) is 6.40. The summed E-state index contributed by atoms with van der Waals surface area (Å²) in [6.07, 6.45) is -5.42. The second-order valence-corrected chi connectivity index (χ2v) is 3.55. The third-order valence-electron chi connectivity index (χ3n) is 2.19. The molecule has 1 aromatic rings. The maximum Gasteiger partial charge on any atom is 0.574 e. The number of carbonyl (C=O) groups excluding carboxylic acids is 1. The van der Waals surface area contributed by atoms with Crippen LogP contribution in [0.2, 0.25) is 0 Å². The zero-order chi connectivity index (χ0) is 15.3. The summed E-state index contributed by atoms with van der Waals surface area (Å²) in [7, 11) is 2.19. The first-order chi connectivity index (χ1) is 9.30. The number of rotatable bonds is 5. The van der Waals surface area contributed by atoms with Gasteiger partial charge in [-0.15, -0.1) is 13.2 Å². The molecule has 5 nitrogen and oxygen atoms in total. The number of hydrogen-bond acceptors (Lipinski definition) is 5. The van der Waals surface area contributed by atoms with Crippen molar-refractivity contribution in [3.63, 3.8) is 0 Å². The molecule has 0 unspecified atom stereocenters. The van der Waals surface area contributed by atoms with E-state index in [4.69, 9.17) is 4.74 Å². The van der Waals surface area contributed by atoms with E-state index in [9.17, 15) is 22.4 Å². The molecule has 0 aromatic carbocycles. The van der Waals surface area contributed by atoms with Crippen LogP contribution in [0.15, 0.2) is 6.07 Å². The van der Waals surface area contributed by atoms with Gasteiger partial charge < -0.3 is 14.2 Å². The molecule has 0 saturated carbocycles. The van der Waals surface area contributed by atoms with Crippen molar-refractivity contribution in [1.29, 1.82) is 0 Å². The largest absolute Gasteiger partial charge is 0.574 e. The quantitative estimate of drug-likeness (QED) is 0.616. The van der Waals surface area contributed by atoms with E-state index in [2.05, 4.69) is 14.5 Å². The van der Waals surface area contributed by atoms with E-state index in [1.807, 2.05) is 0 Å².